The summed E-state index contributed by atoms with van der Waals surface area (Å²) < 4.78 is 49.0. The molecule has 1 aliphatic heterocycles. The van der Waals surface area contributed by atoms with Crippen molar-refractivity contribution in [2.75, 3.05) is 0 Å². The Hall–Kier alpha value is -3.16. The number of aromatic nitrogens is 1. The fourth-order valence-electron chi connectivity index (χ4n) is 5.27. The Morgan fingerprint density at radius 1 is 1.24 bits per heavy atom. The first-order valence-electron chi connectivity index (χ1n) is 10.8. The standard InChI is InChI=1S/C25H25F3N2O3/c1-13-18(5-4-6-20(13)26)16-7-8-17(30-11-16)9-10-19-14(2)25(27,28)12-24(22(29)31)21(19)15(3)33-23(24)32/h4-11,14-15,19,21H,12H2,1-3H3,(H2,29,31). The van der Waals surface area contributed by atoms with Crippen molar-refractivity contribution < 1.29 is 27.5 Å². The highest BCUT2D eigenvalue weighted by Gasteiger charge is 2.70. The number of carbonyl (C=O) groups is 2. The molecule has 0 radical (unpaired) electrons. The normalized spacial score (nSPS) is 30.8. The van der Waals surface area contributed by atoms with Crippen LogP contribution >= 0.6 is 0 Å². The van der Waals surface area contributed by atoms with Crippen molar-refractivity contribution in [2.45, 2.75) is 39.2 Å². The van der Waals surface area contributed by atoms with Crippen molar-refractivity contribution in [3.8, 4) is 11.1 Å². The molecule has 1 aliphatic carbocycles. The maximum Gasteiger partial charge on any atom is 0.322 e. The van der Waals surface area contributed by atoms with E-state index in [1.165, 1.54) is 13.0 Å². The number of allylic oxidation sites excluding steroid dienone is 1. The third-order valence-corrected chi connectivity index (χ3v) is 7.20. The predicted octanol–water partition coefficient (Wildman–Crippen LogP) is 4.53. The number of fused-ring (bicyclic) bond motifs is 1. The van der Waals surface area contributed by atoms with Gasteiger partial charge in [0, 0.05) is 30.0 Å². The first-order valence-corrected chi connectivity index (χ1v) is 10.8. The van der Waals surface area contributed by atoms with Gasteiger partial charge >= 0.3 is 5.97 Å². The van der Waals surface area contributed by atoms with Gasteiger partial charge in [0.2, 0.25) is 5.91 Å². The van der Waals surface area contributed by atoms with Crippen LogP contribution in [-0.4, -0.2) is 28.9 Å². The zero-order valence-corrected chi connectivity index (χ0v) is 18.5. The molecule has 1 saturated heterocycles. The van der Waals surface area contributed by atoms with Crippen molar-refractivity contribution in [2.24, 2.45) is 28.9 Å². The first-order chi connectivity index (χ1) is 15.5. The van der Waals surface area contributed by atoms with Gasteiger partial charge < -0.3 is 10.5 Å². The second-order valence-corrected chi connectivity index (χ2v) is 9.02. The van der Waals surface area contributed by atoms with E-state index in [4.69, 9.17) is 10.5 Å². The Bertz CT molecular complexity index is 1130. The lowest BCUT2D eigenvalue weighted by Crippen LogP contribution is -2.58. The van der Waals surface area contributed by atoms with Crippen LogP contribution in [0.2, 0.25) is 0 Å². The van der Waals surface area contributed by atoms with Gasteiger partial charge in [0.1, 0.15) is 11.9 Å². The number of halogens is 3. The van der Waals surface area contributed by atoms with Gasteiger partial charge in [-0.3, -0.25) is 14.6 Å². The number of rotatable bonds is 4. The molecule has 2 aliphatic rings. The van der Waals surface area contributed by atoms with Crippen molar-refractivity contribution in [1.29, 1.82) is 0 Å². The number of nitrogens with zero attached hydrogens (tertiary/aromatic N) is 1. The number of hydrogen-bond donors (Lipinski definition) is 1. The smallest absolute Gasteiger partial charge is 0.322 e. The molecule has 2 heterocycles. The monoisotopic (exact) mass is 458 g/mol. The molecule has 8 heteroatoms. The van der Waals surface area contributed by atoms with Crippen molar-refractivity contribution >= 4 is 18.0 Å². The summed E-state index contributed by atoms with van der Waals surface area (Å²) in [4.78, 5) is 29.1. The summed E-state index contributed by atoms with van der Waals surface area (Å²) in [7, 11) is 0. The number of carbonyl (C=O) groups excluding carboxylic acids is 2. The average Bonchev–Trinajstić information content (AvgIpc) is 3.01. The Morgan fingerprint density at radius 2 is 1.97 bits per heavy atom. The lowest BCUT2D eigenvalue weighted by molar-refractivity contribution is -0.177. The molecule has 1 aromatic carbocycles. The molecule has 5 atom stereocenters. The van der Waals surface area contributed by atoms with Crippen LogP contribution in [0.25, 0.3) is 17.2 Å². The summed E-state index contributed by atoms with van der Waals surface area (Å²) >= 11 is 0. The molecule has 1 amide bonds. The van der Waals surface area contributed by atoms with E-state index in [0.29, 0.717) is 16.8 Å². The molecule has 1 saturated carbocycles. The number of amides is 1. The van der Waals surface area contributed by atoms with Crippen LogP contribution in [0, 0.1) is 35.9 Å². The lowest BCUT2D eigenvalue weighted by atomic mass is 9.56. The van der Waals surface area contributed by atoms with Crippen molar-refractivity contribution in [3.05, 3.63) is 59.7 Å². The second-order valence-electron chi connectivity index (χ2n) is 9.02. The van der Waals surface area contributed by atoms with Gasteiger partial charge in [-0.05, 0) is 49.1 Å². The van der Waals surface area contributed by atoms with Gasteiger partial charge in [0.25, 0.3) is 5.92 Å². The number of alkyl halides is 2. The average molecular weight is 458 g/mol. The Morgan fingerprint density at radius 3 is 2.61 bits per heavy atom. The Balaban J connectivity index is 1.67. The summed E-state index contributed by atoms with van der Waals surface area (Å²) in [6, 6.07) is 8.26. The van der Waals surface area contributed by atoms with Gasteiger partial charge in [-0.2, -0.15) is 0 Å². The first kappa shape index (κ1) is 23.0. The zero-order chi connectivity index (χ0) is 24.1. The van der Waals surface area contributed by atoms with Crippen LogP contribution in [0.15, 0.2) is 42.6 Å². The highest BCUT2D eigenvalue weighted by atomic mass is 19.3. The Labute approximate surface area is 189 Å². The van der Waals surface area contributed by atoms with E-state index < -0.39 is 53.5 Å². The van der Waals surface area contributed by atoms with Gasteiger partial charge in [-0.25, -0.2) is 13.2 Å². The van der Waals surface area contributed by atoms with E-state index in [1.807, 2.05) is 0 Å². The molecule has 1 aromatic heterocycles. The number of esters is 1. The number of benzene rings is 1. The summed E-state index contributed by atoms with van der Waals surface area (Å²) in [6.07, 6.45) is 3.05. The third kappa shape index (κ3) is 3.61. The molecule has 4 rings (SSSR count). The van der Waals surface area contributed by atoms with Crippen LogP contribution in [0.4, 0.5) is 13.2 Å². The molecule has 174 valence electrons. The maximum absolute atomic E-state index is 14.9. The third-order valence-electron chi connectivity index (χ3n) is 7.20. The molecule has 0 spiro atoms. The lowest BCUT2D eigenvalue weighted by Gasteiger charge is -2.46. The van der Waals surface area contributed by atoms with Crippen LogP contribution < -0.4 is 5.73 Å². The van der Waals surface area contributed by atoms with E-state index in [1.54, 1.807) is 56.5 Å². The summed E-state index contributed by atoms with van der Waals surface area (Å²) in [5.74, 6) is -8.45. The minimum atomic E-state index is -3.28. The van der Waals surface area contributed by atoms with Crippen LogP contribution in [0.1, 0.15) is 31.5 Å². The van der Waals surface area contributed by atoms with Crippen molar-refractivity contribution in [3.63, 3.8) is 0 Å². The molecule has 5 nitrogen and oxygen atoms in total. The molecule has 2 N–H and O–H groups in total. The van der Waals surface area contributed by atoms with Gasteiger partial charge in [0.15, 0.2) is 5.41 Å². The van der Waals surface area contributed by atoms with E-state index in [0.717, 1.165) is 5.56 Å². The number of hydrogen-bond acceptors (Lipinski definition) is 4. The SMILES string of the molecule is Cc1c(F)cccc1-c1ccc(C=CC2C(C)C(F)(F)CC3(C(N)=O)C(=O)OC(C)C23)nc1. The van der Waals surface area contributed by atoms with Crippen LogP contribution in [-0.2, 0) is 14.3 Å². The molecule has 2 aromatic rings. The highest BCUT2D eigenvalue weighted by Crippen LogP contribution is 2.59. The second kappa shape index (κ2) is 8.01. The largest absolute Gasteiger partial charge is 0.461 e. The highest BCUT2D eigenvalue weighted by molar-refractivity contribution is 6.04. The van der Waals surface area contributed by atoms with E-state index >= 15 is 0 Å². The minimum Gasteiger partial charge on any atom is -0.461 e. The van der Waals surface area contributed by atoms with Gasteiger partial charge in [-0.15, -0.1) is 0 Å². The maximum atomic E-state index is 14.9. The number of primary amides is 1. The predicted molar refractivity (Wildman–Crippen MR) is 116 cm³/mol. The van der Waals surface area contributed by atoms with E-state index in [-0.39, 0.29) is 5.82 Å². The number of pyridine rings is 1. The number of cyclic esters (lactones) is 1. The van der Waals surface area contributed by atoms with Gasteiger partial charge in [-0.1, -0.05) is 31.2 Å². The molecule has 33 heavy (non-hydrogen) atoms. The molecule has 5 unspecified atom stereocenters. The molecular weight excluding hydrogens is 433 g/mol. The molecule has 2 fully saturated rings. The van der Waals surface area contributed by atoms with Crippen molar-refractivity contribution in [1.82, 2.24) is 4.98 Å². The molecular formula is C25H25F3N2O3. The fourth-order valence-corrected chi connectivity index (χ4v) is 5.27. The Kier molecular flexibility index (Phi) is 5.58. The minimum absolute atomic E-state index is 0.316. The molecule has 0 bridgehead atoms. The zero-order valence-electron chi connectivity index (χ0n) is 18.5. The number of ether oxygens (including phenoxy) is 1. The summed E-state index contributed by atoms with van der Waals surface area (Å²) in [6.45, 7) is 4.68. The topological polar surface area (TPSA) is 82.3 Å². The van der Waals surface area contributed by atoms with Crippen LogP contribution in [0.5, 0.6) is 0 Å². The van der Waals surface area contributed by atoms with E-state index in [9.17, 15) is 22.8 Å². The van der Waals surface area contributed by atoms with E-state index in [2.05, 4.69) is 4.98 Å². The van der Waals surface area contributed by atoms with Gasteiger partial charge in [0.05, 0.1) is 5.69 Å². The summed E-state index contributed by atoms with van der Waals surface area (Å²) in [5.41, 5.74) is 5.86. The summed E-state index contributed by atoms with van der Waals surface area (Å²) in [5, 5.41) is 0. The number of nitrogens with two attached hydrogens (primary N) is 1. The fraction of sp³-hybridized carbons (Fsp3) is 0.400. The van der Waals surface area contributed by atoms with Crippen LogP contribution in [0.3, 0.4) is 0 Å². The quantitative estimate of drug-likeness (QED) is 0.539.